The quantitative estimate of drug-likeness (QED) is 0.677. The maximum atomic E-state index is 9.43. The minimum atomic E-state index is -0.0553. The predicted octanol–water partition coefficient (Wildman–Crippen LogP) is 1.68. The van der Waals surface area contributed by atoms with Crippen molar-refractivity contribution in [1.29, 1.82) is 0 Å². The molecule has 1 fully saturated rings. The molecule has 0 bridgehead atoms. The van der Waals surface area contributed by atoms with Crippen molar-refractivity contribution in [2.75, 3.05) is 0 Å². The van der Waals surface area contributed by atoms with Gasteiger partial charge in [0.15, 0.2) is 0 Å². The third-order valence-electron chi connectivity index (χ3n) is 2.78. The SMILES string of the molecule is CCC(C)N[C@H]1CCC[C@@H](O)C1. The van der Waals surface area contributed by atoms with Gasteiger partial charge in [-0.1, -0.05) is 6.92 Å². The molecular weight excluding hydrogens is 150 g/mol. The second-order valence-corrected chi connectivity index (χ2v) is 3.99. The molecular formula is C10H21NO. The lowest BCUT2D eigenvalue weighted by molar-refractivity contribution is 0.109. The second-order valence-electron chi connectivity index (χ2n) is 3.99. The van der Waals surface area contributed by atoms with Crippen molar-refractivity contribution in [3.63, 3.8) is 0 Å². The molecule has 0 spiro atoms. The molecule has 0 aromatic rings. The van der Waals surface area contributed by atoms with E-state index in [1.807, 2.05) is 0 Å². The topological polar surface area (TPSA) is 32.3 Å². The Morgan fingerprint density at radius 2 is 2.25 bits per heavy atom. The van der Waals surface area contributed by atoms with Crippen molar-refractivity contribution >= 4 is 0 Å². The molecule has 0 radical (unpaired) electrons. The van der Waals surface area contributed by atoms with Gasteiger partial charge in [0.2, 0.25) is 0 Å². The van der Waals surface area contributed by atoms with Gasteiger partial charge in [-0.15, -0.1) is 0 Å². The molecule has 2 N–H and O–H groups in total. The van der Waals surface area contributed by atoms with Gasteiger partial charge >= 0.3 is 0 Å². The normalized spacial score (nSPS) is 33.2. The Kier molecular flexibility index (Phi) is 4.02. The lowest BCUT2D eigenvalue weighted by atomic mass is 9.92. The molecule has 0 saturated heterocycles. The average molecular weight is 171 g/mol. The number of rotatable bonds is 3. The lowest BCUT2D eigenvalue weighted by Gasteiger charge is -2.29. The third kappa shape index (κ3) is 3.11. The summed E-state index contributed by atoms with van der Waals surface area (Å²) in [5.74, 6) is 0. The monoisotopic (exact) mass is 171 g/mol. The van der Waals surface area contributed by atoms with Gasteiger partial charge in [-0.25, -0.2) is 0 Å². The minimum Gasteiger partial charge on any atom is -0.393 e. The zero-order valence-corrected chi connectivity index (χ0v) is 8.21. The molecule has 2 nitrogen and oxygen atoms in total. The van der Waals surface area contributed by atoms with Gasteiger partial charge in [-0.3, -0.25) is 0 Å². The number of hydrogen-bond acceptors (Lipinski definition) is 2. The Bertz CT molecular complexity index is 127. The molecule has 0 aromatic heterocycles. The molecule has 1 rings (SSSR count). The van der Waals surface area contributed by atoms with E-state index in [0.717, 1.165) is 12.8 Å². The molecule has 12 heavy (non-hydrogen) atoms. The summed E-state index contributed by atoms with van der Waals surface area (Å²) in [6, 6.07) is 1.16. The molecule has 72 valence electrons. The smallest absolute Gasteiger partial charge is 0.0555 e. The molecule has 2 heteroatoms. The highest BCUT2D eigenvalue weighted by Crippen LogP contribution is 2.18. The van der Waals surface area contributed by atoms with Gasteiger partial charge in [0, 0.05) is 12.1 Å². The second kappa shape index (κ2) is 4.83. The van der Waals surface area contributed by atoms with Crippen LogP contribution < -0.4 is 5.32 Å². The first-order chi connectivity index (χ1) is 5.72. The van der Waals surface area contributed by atoms with Gasteiger partial charge in [-0.2, -0.15) is 0 Å². The summed E-state index contributed by atoms with van der Waals surface area (Å²) in [6.07, 6.45) is 5.48. The lowest BCUT2D eigenvalue weighted by Crippen LogP contribution is -2.40. The first-order valence-electron chi connectivity index (χ1n) is 5.16. The van der Waals surface area contributed by atoms with E-state index >= 15 is 0 Å². The first-order valence-corrected chi connectivity index (χ1v) is 5.16. The van der Waals surface area contributed by atoms with Gasteiger partial charge < -0.3 is 10.4 Å². The Morgan fingerprint density at radius 3 is 2.83 bits per heavy atom. The highest BCUT2D eigenvalue weighted by atomic mass is 16.3. The molecule has 1 saturated carbocycles. The van der Waals surface area contributed by atoms with Crippen LogP contribution in [0.4, 0.5) is 0 Å². The standard InChI is InChI=1S/C10H21NO/c1-3-8(2)11-9-5-4-6-10(12)7-9/h8-12H,3-7H2,1-2H3/t8?,9-,10+/m0/s1. The zero-order chi connectivity index (χ0) is 8.97. The minimum absolute atomic E-state index is 0.0553. The van der Waals surface area contributed by atoms with E-state index in [1.165, 1.54) is 19.3 Å². The van der Waals surface area contributed by atoms with Crippen molar-refractivity contribution in [3.8, 4) is 0 Å². The zero-order valence-electron chi connectivity index (χ0n) is 8.21. The van der Waals surface area contributed by atoms with Crippen LogP contribution in [0, 0.1) is 0 Å². The summed E-state index contributed by atoms with van der Waals surface area (Å²) >= 11 is 0. The van der Waals surface area contributed by atoms with Crippen LogP contribution in [0.1, 0.15) is 46.0 Å². The van der Waals surface area contributed by atoms with Gasteiger partial charge in [0.05, 0.1) is 6.10 Å². The highest BCUT2D eigenvalue weighted by molar-refractivity contribution is 4.79. The van der Waals surface area contributed by atoms with E-state index < -0.39 is 0 Å². The fourth-order valence-electron chi connectivity index (χ4n) is 1.84. The molecule has 0 aromatic carbocycles. The Balaban J connectivity index is 2.22. The van der Waals surface area contributed by atoms with Crippen molar-refractivity contribution in [3.05, 3.63) is 0 Å². The van der Waals surface area contributed by atoms with Crippen LogP contribution in [0.25, 0.3) is 0 Å². The van der Waals surface area contributed by atoms with Crippen LogP contribution in [-0.4, -0.2) is 23.3 Å². The van der Waals surface area contributed by atoms with Crippen molar-refractivity contribution in [1.82, 2.24) is 5.32 Å². The van der Waals surface area contributed by atoms with Crippen molar-refractivity contribution in [2.45, 2.75) is 64.1 Å². The molecule has 0 heterocycles. The summed E-state index contributed by atoms with van der Waals surface area (Å²) in [5.41, 5.74) is 0. The fraction of sp³-hybridized carbons (Fsp3) is 1.00. The van der Waals surface area contributed by atoms with Gasteiger partial charge in [-0.05, 0) is 39.0 Å². The molecule has 1 aliphatic carbocycles. The maximum Gasteiger partial charge on any atom is 0.0555 e. The molecule has 0 amide bonds. The molecule has 1 unspecified atom stereocenters. The van der Waals surface area contributed by atoms with E-state index in [-0.39, 0.29) is 6.10 Å². The summed E-state index contributed by atoms with van der Waals surface area (Å²) in [6.45, 7) is 4.40. The van der Waals surface area contributed by atoms with Crippen LogP contribution in [0.2, 0.25) is 0 Å². The van der Waals surface area contributed by atoms with Gasteiger partial charge in [0.1, 0.15) is 0 Å². The summed E-state index contributed by atoms with van der Waals surface area (Å²) in [7, 11) is 0. The number of nitrogens with one attached hydrogen (secondary N) is 1. The fourth-order valence-corrected chi connectivity index (χ4v) is 1.84. The van der Waals surface area contributed by atoms with Crippen LogP contribution in [0.15, 0.2) is 0 Å². The average Bonchev–Trinajstić information content (AvgIpc) is 2.04. The van der Waals surface area contributed by atoms with E-state index in [4.69, 9.17) is 0 Å². The Hall–Kier alpha value is -0.0800. The van der Waals surface area contributed by atoms with Crippen LogP contribution >= 0.6 is 0 Å². The van der Waals surface area contributed by atoms with E-state index in [1.54, 1.807) is 0 Å². The van der Waals surface area contributed by atoms with Gasteiger partial charge in [0.25, 0.3) is 0 Å². The maximum absolute atomic E-state index is 9.43. The highest BCUT2D eigenvalue weighted by Gasteiger charge is 2.20. The summed E-state index contributed by atoms with van der Waals surface area (Å²) in [4.78, 5) is 0. The van der Waals surface area contributed by atoms with Crippen molar-refractivity contribution < 1.29 is 5.11 Å². The number of aliphatic hydroxyl groups excluding tert-OH is 1. The summed E-state index contributed by atoms with van der Waals surface area (Å²) < 4.78 is 0. The predicted molar refractivity (Wildman–Crippen MR) is 51.2 cm³/mol. The number of aliphatic hydroxyl groups is 1. The van der Waals surface area contributed by atoms with Crippen molar-refractivity contribution in [2.24, 2.45) is 0 Å². The molecule has 1 aliphatic rings. The van der Waals surface area contributed by atoms with Crippen LogP contribution in [-0.2, 0) is 0 Å². The number of hydrogen-bond donors (Lipinski definition) is 2. The summed E-state index contributed by atoms with van der Waals surface area (Å²) in [5, 5.41) is 13.0. The molecule has 0 aliphatic heterocycles. The Morgan fingerprint density at radius 1 is 1.50 bits per heavy atom. The van der Waals surface area contributed by atoms with E-state index in [2.05, 4.69) is 19.2 Å². The van der Waals surface area contributed by atoms with Crippen LogP contribution in [0.5, 0.6) is 0 Å². The largest absolute Gasteiger partial charge is 0.393 e. The third-order valence-corrected chi connectivity index (χ3v) is 2.78. The van der Waals surface area contributed by atoms with E-state index in [9.17, 15) is 5.11 Å². The molecule has 3 atom stereocenters. The first kappa shape index (κ1) is 10.0. The van der Waals surface area contributed by atoms with Crippen LogP contribution in [0.3, 0.4) is 0 Å². The van der Waals surface area contributed by atoms with E-state index in [0.29, 0.717) is 12.1 Å². The Labute approximate surface area is 75.4 Å².